The van der Waals surface area contributed by atoms with Gasteiger partial charge in [0.15, 0.2) is 0 Å². The van der Waals surface area contributed by atoms with E-state index in [-0.39, 0.29) is 0 Å². The van der Waals surface area contributed by atoms with Gasteiger partial charge in [0.2, 0.25) is 0 Å². The standard InChI is InChI=1S/C19H29NO4/c1-22-18-8-4-2-6-15(18)13-23-14-16(21)12-20-10-11-24-19-9-5-3-7-17(19)20/h2,4,6,8,16-17,19,21H,3,5,7,9-14H2,1H3/t16-,17-,19-/m1/s1. The SMILES string of the molecule is COc1ccccc1COC[C@H](O)CN1CCO[C@@H]2CCCC[C@H]21. The number of ether oxygens (including phenoxy) is 3. The van der Waals surface area contributed by atoms with Crippen LogP contribution in [-0.4, -0.2) is 61.7 Å². The summed E-state index contributed by atoms with van der Waals surface area (Å²) < 4.78 is 16.9. The molecule has 5 nitrogen and oxygen atoms in total. The first-order valence-corrected chi connectivity index (χ1v) is 9.01. The number of benzene rings is 1. The first kappa shape index (κ1) is 17.7. The van der Waals surface area contributed by atoms with E-state index in [2.05, 4.69) is 4.90 Å². The lowest BCUT2D eigenvalue weighted by atomic mass is 9.90. The summed E-state index contributed by atoms with van der Waals surface area (Å²) in [6.45, 7) is 3.14. The van der Waals surface area contributed by atoms with Crippen molar-refractivity contribution < 1.29 is 19.3 Å². The van der Waals surface area contributed by atoms with Crippen molar-refractivity contribution in [2.24, 2.45) is 0 Å². The van der Waals surface area contributed by atoms with Crippen LogP contribution in [0.5, 0.6) is 5.75 Å². The third kappa shape index (κ3) is 4.48. The highest BCUT2D eigenvalue weighted by molar-refractivity contribution is 5.32. The summed E-state index contributed by atoms with van der Waals surface area (Å²) in [5.41, 5.74) is 1.01. The summed E-state index contributed by atoms with van der Waals surface area (Å²) in [5.74, 6) is 0.824. The molecule has 0 spiro atoms. The zero-order valence-electron chi connectivity index (χ0n) is 14.5. The van der Waals surface area contributed by atoms with Gasteiger partial charge < -0.3 is 19.3 Å². The van der Waals surface area contributed by atoms with Gasteiger partial charge in [-0.25, -0.2) is 0 Å². The number of aliphatic hydroxyl groups is 1. The highest BCUT2D eigenvalue weighted by atomic mass is 16.5. The number of hydrogen-bond donors (Lipinski definition) is 1. The van der Waals surface area contributed by atoms with Crippen molar-refractivity contribution in [3.8, 4) is 5.75 Å². The first-order chi connectivity index (χ1) is 11.8. The maximum Gasteiger partial charge on any atom is 0.124 e. The molecule has 134 valence electrons. The fourth-order valence-corrected chi connectivity index (χ4v) is 3.85. The second kappa shape index (κ2) is 8.81. The zero-order chi connectivity index (χ0) is 16.8. The maximum atomic E-state index is 10.4. The van der Waals surface area contributed by atoms with Gasteiger partial charge in [0.25, 0.3) is 0 Å². The quantitative estimate of drug-likeness (QED) is 0.828. The molecular formula is C19H29NO4. The molecule has 1 aliphatic heterocycles. The molecule has 0 unspecified atom stereocenters. The molecule has 1 aliphatic carbocycles. The van der Waals surface area contributed by atoms with Gasteiger partial charge in [0.1, 0.15) is 5.75 Å². The van der Waals surface area contributed by atoms with Crippen LogP contribution in [0.25, 0.3) is 0 Å². The Bertz CT molecular complexity index is 508. The molecule has 3 atom stereocenters. The fraction of sp³-hybridized carbons (Fsp3) is 0.684. The molecule has 0 radical (unpaired) electrons. The molecule has 5 heteroatoms. The molecule has 24 heavy (non-hydrogen) atoms. The Morgan fingerprint density at radius 2 is 2.12 bits per heavy atom. The smallest absolute Gasteiger partial charge is 0.124 e. The van der Waals surface area contributed by atoms with E-state index in [1.165, 1.54) is 19.3 Å². The van der Waals surface area contributed by atoms with Gasteiger partial charge in [0, 0.05) is 24.7 Å². The Morgan fingerprint density at radius 3 is 3.00 bits per heavy atom. The molecule has 3 rings (SSSR count). The van der Waals surface area contributed by atoms with Crippen molar-refractivity contribution in [1.82, 2.24) is 4.90 Å². The number of fused-ring (bicyclic) bond motifs is 1. The molecular weight excluding hydrogens is 306 g/mol. The van der Waals surface area contributed by atoms with Crippen molar-refractivity contribution in [2.45, 2.75) is 50.5 Å². The van der Waals surface area contributed by atoms with Crippen LogP contribution in [0, 0.1) is 0 Å². The van der Waals surface area contributed by atoms with Gasteiger partial charge >= 0.3 is 0 Å². The number of para-hydroxylation sites is 1. The molecule has 2 fully saturated rings. The predicted molar refractivity (Wildman–Crippen MR) is 92.2 cm³/mol. The minimum atomic E-state index is -0.472. The summed E-state index contributed by atoms with van der Waals surface area (Å²) in [5, 5.41) is 10.4. The number of hydrogen-bond acceptors (Lipinski definition) is 5. The lowest BCUT2D eigenvalue weighted by Gasteiger charge is -2.44. The Balaban J connectivity index is 1.44. The minimum absolute atomic E-state index is 0.340. The number of β-amino-alcohol motifs (C(OH)–C–C–N with tert-alkyl or cyclic N) is 1. The van der Waals surface area contributed by atoms with E-state index in [4.69, 9.17) is 14.2 Å². The molecule has 0 aromatic heterocycles. The van der Waals surface area contributed by atoms with Crippen LogP contribution in [0.2, 0.25) is 0 Å². The van der Waals surface area contributed by atoms with Gasteiger partial charge in [-0.1, -0.05) is 31.0 Å². The monoisotopic (exact) mass is 335 g/mol. The van der Waals surface area contributed by atoms with Crippen molar-refractivity contribution in [3.63, 3.8) is 0 Å². The van der Waals surface area contributed by atoms with Gasteiger partial charge in [-0.3, -0.25) is 4.90 Å². The molecule has 2 aliphatic rings. The van der Waals surface area contributed by atoms with E-state index >= 15 is 0 Å². The molecule has 0 bridgehead atoms. The van der Waals surface area contributed by atoms with Gasteiger partial charge in [-0.2, -0.15) is 0 Å². The number of methoxy groups -OCH3 is 1. The minimum Gasteiger partial charge on any atom is -0.496 e. The molecule has 0 amide bonds. The van der Waals surface area contributed by atoms with Crippen molar-refractivity contribution in [3.05, 3.63) is 29.8 Å². The summed E-state index contributed by atoms with van der Waals surface area (Å²) >= 11 is 0. The topological polar surface area (TPSA) is 51.2 Å². The maximum absolute atomic E-state index is 10.4. The van der Waals surface area contributed by atoms with Gasteiger partial charge in [-0.15, -0.1) is 0 Å². The highest BCUT2D eigenvalue weighted by Crippen LogP contribution is 2.28. The van der Waals surface area contributed by atoms with E-state index in [0.29, 0.717) is 31.9 Å². The number of aliphatic hydroxyl groups excluding tert-OH is 1. The van der Waals surface area contributed by atoms with Crippen LogP contribution in [0.3, 0.4) is 0 Å². The van der Waals surface area contributed by atoms with Crippen LogP contribution in [0.1, 0.15) is 31.2 Å². The van der Waals surface area contributed by atoms with Crippen molar-refractivity contribution in [2.75, 3.05) is 33.4 Å². The Kier molecular flexibility index (Phi) is 6.49. The Morgan fingerprint density at radius 1 is 1.29 bits per heavy atom. The largest absolute Gasteiger partial charge is 0.496 e. The summed E-state index contributed by atoms with van der Waals surface area (Å²) in [7, 11) is 1.66. The van der Waals surface area contributed by atoms with Crippen LogP contribution in [0.15, 0.2) is 24.3 Å². The predicted octanol–water partition coefficient (Wildman–Crippen LogP) is 2.22. The van der Waals surface area contributed by atoms with Crippen molar-refractivity contribution in [1.29, 1.82) is 0 Å². The van der Waals surface area contributed by atoms with E-state index in [0.717, 1.165) is 30.9 Å². The average Bonchev–Trinajstić information content (AvgIpc) is 2.62. The number of nitrogens with zero attached hydrogens (tertiary/aromatic N) is 1. The Labute approximate surface area is 144 Å². The highest BCUT2D eigenvalue weighted by Gasteiger charge is 2.34. The summed E-state index contributed by atoms with van der Waals surface area (Å²) in [4.78, 5) is 2.39. The van der Waals surface area contributed by atoms with Gasteiger partial charge in [0.05, 0.1) is 39.1 Å². The third-order valence-electron chi connectivity index (χ3n) is 5.05. The molecule has 1 heterocycles. The number of rotatable bonds is 7. The third-order valence-corrected chi connectivity index (χ3v) is 5.05. The average molecular weight is 335 g/mol. The first-order valence-electron chi connectivity index (χ1n) is 9.01. The normalized spacial score (nSPS) is 25.9. The molecule has 1 aromatic carbocycles. The molecule has 1 saturated carbocycles. The van der Waals surface area contributed by atoms with Crippen LogP contribution < -0.4 is 4.74 Å². The van der Waals surface area contributed by atoms with Crippen molar-refractivity contribution >= 4 is 0 Å². The summed E-state index contributed by atoms with van der Waals surface area (Å²) in [6.07, 6.45) is 4.75. The van der Waals surface area contributed by atoms with E-state index in [1.54, 1.807) is 7.11 Å². The van der Waals surface area contributed by atoms with E-state index in [9.17, 15) is 5.11 Å². The molecule has 1 aromatic rings. The summed E-state index contributed by atoms with van der Waals surface area (Å²) in [6, 6.07) is 8.28. The molecule has 1 N–H and O–H groups in total. The van der Waals surface area contributed by atoms with Crippen LogP contribution >= 0.6 is 0 Å². The van der Waals surface area contributed by atoms with Crippen LogP contribution in [0.4, 0.5) is 0 Å². The van der Waals surface area contributed by atoms with E-state index < -0.39 is 6.10 Å². The van der Waals surface area contributed by atoms with Gasteiger partial charge in [-0.05, 0) is 18.9 Å². The van der Waals surface area contributed by atoms with Crippen LogP contribution in [-0.2, 0) is 16.1 Å². The second-order valence-corrected chi connectivity index (χ2v) is 6.74. The van der Waals surface area contributed by atoms with E-state index in [1.807, 2.05) is 24.3 Å². The number of morpholine rings is 1. The Hall–Kier alpha value is -1.14. The lowest BCUT2D eigenvalue weighted by Crippen LogP contribution is -2.54. The molecule has 1 saturated heterocycles. The zero-order valence-corrected chi connectivity index (χ0v) is 14.5. The lowest BCUT2D eigenvalue weighted by molar-refractivity contribution is -0.103. The fourth-order valence-electron chi connectivity index (χ4n) is 3.85. The second-order valence-electron chi connectivity index (χ2n) is 6.74.